The molecule has 1 unspecified atom stereocenters. The number of aliphatic hydroxyl groups excluding tert-OH is 1. The molecule has 1 fully saturated rings. The Labute approximate surface area is 250 Å². The van der Waals surface area contributed by atoms with Gasteiger partial charge in [-0.05, 0) is 42.8 Å². The fourth-order valence-corrected chi connectivity index (χ4v) is 5.40. The lowest BCUT2D eigenvalue weighted by molar-refractivity contribution is -0.123. The third kappa shape index (κ3) is 5.05. The summed E-state index contributed by atoms with van der Waals surface area (Å²) in [5.41, 5.74) is 0.898. The molecule has 4 N–H and O–H groups in total. The van der Waals surface area contributed by atoms with Gasteiger partial charge in [-0.15, -0.1) is 0 Å². The third-order valence-electron chi connectivity index (χ3n) is 7.81. The van der Waals surface area contributed by atoms with E-state index in [2.05, 4.69) is 25.9 Å². The van der Waals surface area contributed by atoms with E-state index in [1.54, 1.807) is 55.3 Å². The number of benzene rings is 3. The lowest BCUT2D eigenvalue weighted by Gasteiger charge is -2.23. The number of hydrogen-bond donors (Lipinski definition) is 4. The highest BCUT2D eigenvalue weighted by atomic mass is 19.1. The van der Waals surface area contributed by atoms with Crippen molar-refractivity contribution in [2.75, 3.05) is 19.5 Å². The van der Waals surface area contributed by atoms with Gasteiger partial charge in [0.15, 0.2) is 5.82 Å². The van der Waals surface area contributed by atoms with E-state index in [0.717, 1.165) is 17.7 Å². The highest BCUT2D eigenvalue weighted by Gasteiger charge is 2.43. The second-order valence-electron chi connectivity index (χ2n) is 10.5. The number of amides is 3. The van der Waals surface area contributed by atoms with Crippen molar-refractivity contribution in [2.24, 2.45) is 0 Å². The number of rotatable bonds is 8. The van der Waals surface area contributed by atoms with Crippen molar-refractivity contribution in [3.05, 3.63) is 94.7 Å². The van der Waals surface area contributed by atoms with E-state index in [4.69, 9.17) is 9.47 Å². The zero-order chi connectivity index (χ0) is 31.2. The van der Waals surface area contributed by atoms with Crippen LogP contribution in [0.5, 0.6) is 11.5 Å². The van der Waals surface area contributed by atoms with Gasteiger partial charge in [0.05, 0.1) is 31.0 Å². The number of imide groups is 1. The Bertz CT molecular complexity index is 1770. The van der Waals surface area contributed by atoms with Crippen LogP contribution < -0.4 is 25.4 Å². The van der Waals surface area contributed by atoms with E-state index in [1.807, 2.05) is 6.07 Å². The molecule has 1 aromatic heterocycles. The summed E-state index contributed by atoms with van der Waals surface area (Å²) in [7, 11) is 3.09. The topological polar surface area (TPSA) is 138 Å². The Kier molecular flexibility index (Phi) is 7.35. The zero-order valence-electron chi connectivity index (χ0n) is 23.9. The Morgan fingerprint density at radius 2 is 1.77 bits per heavy atom. The van der Waals surface area contributed by atoms with Gasteiger partial charge >= 0.3 is 6.03 Å². The van der Waals surface area contributed by atoms with Crippen molar-refractivity contribution in [1.29, 1.82) is 0 Å². The van der Waals surface area contributed by atoms with Crippen LogP contribution in [0, 0.1) is 11.6 Å². The number of fused-ring (bicyclic) bond motifs is 1. The van der Waals surface area contributed by atoms with Crippen LogP contribution in [-0.4, -0.2) is 46.1 Å². The summed E-state index contributed by atoms with van der Waals surface area (Å²) in [6.45, 7) is 2.00. The first-order valence-corrected chi connectivity index (χ1v) is 13.6. The summed E-state index contributed by atoms with van der Waals surface area (Å²) in [5.74, 6) is -1.01. The van der Waals surface area contributed by atoms with Gasteiger partial charge in [0, 0.05) is 30.4 Å². The molecule has 0 spiro atoms. The molecule has 1 saturated heterocycles. The minimum Gasteiger partial charge on any atom is -0.497 e. The maximum Gasteiger partial charge on any atom is 0.322 e. The van der Waals surface area contributed by atoms with Crippen LogP contribution in [0.15, 0.2) is 60.7 Å². The smallest absolute Gasteiger partial charge is 0.322 e. The summed E-state index contributed by atoms with van der Waals surface area (Å²) in [5, 5.41) is 19.5. The van der Waals surface area contributed by atoms with E-state index >= 15 is 0 Å². The van der Waals surface area contributed by atoms with Crippen LogP contribution in [0.25, 0.3) is 11.4 Å². The quantitative estimate of drug-likeness (QED) is 0.218. The van der Waals surface area contributed by atoms with Crippen LogP contribution in [0.2, 0.25) is 0 Å². The fourth-order valence-electron chi connectivity index (χ4n) is 5.40. The standard InChI is InChI=1S/C31H28F2N6O5/c1-31(29(41)37-30(42)38-31)17-8-10-18(11-9-17)34-27-25-22(35-26(36-27)24-20(32)5-4-6-21(24)33)15-39(28(25)40)14-16-7-12-19(43-2)13-23(16)44-3/h4-13,28,40H,14-15H2,1-3H3,(H,34,35,36)(H2,37,38,41,42)/t28?,31-/m1/s1. The molecule has 6 rings (SSSR count). The summed E-state index contributed by atoms with van der Waals surface area (Å²) in [4.78, 5) is 34.8. The van der Waals surface area contributed by atoms with Gasteiger partial charge in [-0.25, -0.2) is 23.5 Å². The molecule has 2 atom stereocenters. The van der Waals surface area contributed by atoms with Gasteiger partial charge in [0.2, 0.25) is 0 Å². The van der Waals surface area contributed by atoms with E-state index in [1.165, 1.54) is 13.2 Å². The molecule has 11 nitrogen and oxygen atoms in total. The maximum atomic E-state index is 14.8. The molecular formula is C31H28F2N6O5. The SMILES string of the molecule is COc1ccc(CN2Cc3nc(-c4c(F)cccc4F)nc(Nc4ccc([C@@]5(C)NC(=O)NC5=O)cc4)c3C2O)c(OC)c1. The van der Waals surface area contributed by atoms with Gasteiger partial charge < -0.3 is 25.2 Å². The van der Waals surface area contributed by atoms with E-state index < -0.39 is 40.9 Å². The monoisotopic (exact) mass is 602 g/mol. The van der Waals surface area contributed by atoms with Gasteiger partial charge in [-0.1, -0.05) is 24.3 Å². The fraction of sp³-hybridized carbons (Fsp3) is 0.226. The number of hydrogen-bond acceptors (Lipinski definition) is 9. The molecule has 2 aliphatic heterocycles. The third-order valence-corrected chi connectivity index (χ3v) is 7.81. The number of urea groups is 1. The summed E-state index contributed by atoms with van der Waals surface area (Å²) < 4.78 is 40.5. The molecule has 44 heavy (non-hydrogen) atoms. The Balaban J connectivity index is 1.37. The largest absolute Gasteiger partial charge is 0.497 e. The molecule has 0 saturated carbocycles. The minimum absolute atomic E-state index is 0.148. The van der Waals surface area contributed by atoms with Crippen LogP contribution in [-0.2, 0) is 23.4 Å². The number of halogens is 2. The number of aromatic nitrogens is 2. The van der Waals surface area contributed by atoms with Gasteiger partial charge in [0.25, 0.3) is 5.91 Å². The Morgan fingerprint density at radius 3 is 2.41 bits per heavy atom. The highest BCUT2D eigenvalue weighted by molar-refractivity contribution is 6.07. The van der Waals surface area contributed by atoms with Crippen molar-refractivity contribution in [1.82, 2.24) is 25.5 Å². The second-order valence-corrected chi connectivity index (χ2v) is 10.5. The lowest BCUT2D eigenvalue weighted by atomic mass is 9.92. The lowest BCUT2D eigenvalue weighted by Crippen LogP contribution is -2.40. The number of carbonyl (C=O) groups is 2. The maximum absolute atomic E-state index is 14.8. The first-order valence-electron chi connectivity index (χ1n) is 13.6. The summed E-state index contributed by atoms with van der Waals surface area (Å²) >= 11 is 0. The molecule has 3 heterocycles. The number of nitrogens with zero attached hydrogens (tertiary/aromatic N) is 3. The number of ether oxygens (including phenoxy) is 2. The summed E-state index contributed by atoms with van der Waals surface area (Å²) in [6.07, 6.45) is -1.17. The highest BCUT2D eigenvalue weighted by Crippen LogP contribution is 2.40. The van der Waals surface area contributed by atoms with Gasteiger partial charge in [-0.3, -0.25) is 15.0 Å². The normalized spacial score (nSPS) is 19.4. The molecule has 2 aliphatic rings. The molecule has 3 amide bonds. The zero-order valence-corrected chi connectivity index (χ0v) is 23.9. The average molecular weight is 603 g/mol. The predicted octanol–water partition coefficient (Wildman–Crippen LogP) is 4.24. The molecule has 0 bridgehead atoms. The predicted molar refractivity (Wildman–Crippen MR) is 155 cm³/mol. The number of methoxy groups -OCH3 is 2. The number of aliphatic hydroxyl groups is 1. The molecular weight excluding hydrogens is 574 g/mol. The first kappa shape index (κ1) is 29.0. The Morgan fingerprint density at radius 1 is 1.05 bits per heavy atom. The van der Waals surface area contributed by atoms with Gasteiger partial charge in [-0.2, -0.15) is 0 Å². The minimum atomic E-state index is -1.25. The summed E-state index contributed by atoms with van der Waals surface area (Å²) in [6, 6.07) is 14.9. The van der Waals surface area contributed by atoms with E-state index in [0.29, 0.717) is 34.0 Å². The van der Waals surface area contributed by atoms with Crippen LogP contribution in [0.1, 0.15) is 35.5 Å². The van der Waals surface area contributed by atoms with E-state index in [9.17, 15) is 23.5 Å². The molecule has 0 aliphatic carbocycles. The first-order chi connectivity index (χ1) is 21.1. The number of carbonyl (C=O) groups excluding carboxylic acids is 2. The second kappa shape index (κ2) is 11.2. The van der Waals surface area contributed by atoms with Crippen LogP contribution >= 0.6 is 0 Å². The van der Waals surface area contributed by atoms with Crippen molar-refractivity contribution >= 4 is 23.4 Å². The molecule has 13 heteroatoms. The molecule has 4 aromatic rings. The van der Waals surface area contributed by atoms with Crippen molar-refractivity contribution in [3.63, 3.8) is 0 Å². The van der Waals surface area contributed by atoms with Crippen molar-refractivity contribution < 1.29 is 33.0 Å². The Hall–Kier alpha value is -5.14. The van der Waals surface area contributed by atoms with Gasteiger partial charge in [0.1, 0.15) is 40.7 Å². The number of nitrogens with one attached hydrogen (secondary N) is 3. The van der Waals surface area contributed by atoms with E-state index in [-0.39, 0.29) is 24.7 Å². The number of anilines is 2. The van der Waals surface area contributed by atoms with Crippen LogP contribution in [0.3, 0.4) is 0 Å². The van der Waals surface area contributed by atoms with Crippen molar-refractivity contribution in [2.45, 2.75) is 31.8 Å². The van der Waals surface area contributed by atoms with Crippen molar-refractivity contribution in [3.8, 4) is 22.9 Å². The molecule has 226 valence electrons. The molecule has 3 aromatic carbocycles. The molecule has 0 radical (unpaired) electrons. The van der Waals surface area contributed by atoms with Crippen LogP contribution in [0.4, 0.5) is 25.1 Å². The average Bonchev–Trinajstić information content (AvgIpc) is 3.46.